The predicted octanol–water partition coefficient (Wildman–Crippen LogP) is 12.3. The third-order valence-corrected chi connectivity index (χ3v) is 10.8. The number of hydrogen-bond acceptors (Lipinski definition) is 6. The second-order valence-corrected chi connectivity index (χ2v) is 15.7. The number of aromatic nitrogens is 6. The van der Waals surface area contributed by atoms with Crippen LogP contribution in [0.2, 0.25) is 0 Å². The summed E-state index contributed by atoms with van der Waals surface area (Å²) in [4.78, 5) is 8.32. The van der Waals surface area contributed by atoms with Gasteiger partial charge in [-0.25, -0.2) is 0 Å². The van der Waals surface area contributed by atoms with Gasteiger partial charge < -0.3 is 14.5 Å². The van der Waals surface area contributed by atoms with Crippen molar-refractivity contribution < 1.29 is 9.53 Å². The Kier molecular flexibility index (Phi) is 11.6. The van der Waals surface area contributed by atoms with E-state index in [9.17, 15) is 0 Å². The van der Waals surface area contributed by atoms with Crippen LogP contribution in [0.3, 0.4) is 0 Å². The number of para-hydroxylation sites is 4. The molecule has 9 heteroatoms. The molecular weight excluding hydrogens is 753 g/mol. The molecule has 9 nitrogen and oxygen atoms in total. The molecular formula is C52H51N8O+. The zero-order chi connectivity index (χ0) is 41.5. The van der Waals surface area contributed by atoms with Crippen LogP contribution in [0.25, 0.3) is 44.3 Å². The number of anilines is 6. The third-order valence-electron chi connectivity index (χ3n) is 10.8. The van der Waals surface area contributed by atoms with E-state index in [2.05, 4.69) is 193 Å². The van der Waals surface area contributed by atoms with Crippen molar-refractivity contribution in [3.63, 3.8) is 0 Å². The first-order valence-electron chi connectivity index (χ1n) is 21.4. The minimum absolute atomic E-state index is 0.379. The number of hydrogen-bond donors (Lipinski definition) is 1. The van der Waals surface area contributed by atoms with E-state index in [0.29, 0.717) is 19.1 Å². The monoisotopic (exact) mass is 803 g/mol. The molecule has 0 saturated carbocycles. The van der Waals surface area contributed by atoms with Gasteiger partial charge in [0.1, 0.15) is 16.6 Å². The first kappa shape index (κ1) is 39.4. The number of aromatic amines is 1. The van der Waals surface area contributed by atoms with Gasteiger partial charge in [-0.2, -0.15) is 15.0 Å². The fourth-order valence-electron chi connectivity index (χ4n) is 7.98. The average molecular weight is 804 g/mol. The lowest BCUT2D eigenvalue weighted by Crippen LogP contribution is -2.41. The molecule has 0 aliphatic heterocycles. The molecule has 61 heavy (non-hydrogen) atoms. The lowest BCUT2D eigenvalue weighted by molar-refractivity contribution is -0.804. The quantitative estimate of drug-likeness (QED) is 0.0774. The molecule has 0 amide bonds. The average Bonchev–Trinajstić information content (AvgIpc) is 3.91. The topological polar surface area (TPSA) is 79.0 Å². The smallest absolute Gasteiger partial charge is 0.203 e. The number of unbranched alkanes of at least 4 members (excludes halogenated alkanes) is 1. The molecule has 304 valence electrons. The zero-order valence-corrected chi connectivity index (χ0v) is 35.0. The van der Waals surface area contributed by atoms with Crippen LogP contribution in [-0.4, -0.2) is 38.4 Å². The molecule has 0 spiro atoms. The molecule has 0 saturated heterocycles. The predicted molar refractivity (Wildman–Crippen MR) is 248 cm³/mol. The highest BCUT2D eigenvalue weighted by Gasteiger charge is 2.28. The maximum Gasteiger partial charge on any atom is 0.203 e. The third kappa shape index (κ3) is 8.38. The van der Waals surface area contributed by atoms with Gasteiger partial charge in [0.2, 0.25) is 6.54 Å². The largest absolute Gasteiger partial charge is 0.379 e. The molecule has 7 aromatic carbocycles. The minimum atomic E-state index is 0.379. The molecule has 0 radical (unpaired) electrons. The van der Waals surface area contributed by atoms with Gasteiger partial charge >= 0.3 is 0 Å². The summed E-state index contributed by atoms with van der Waals surface area (Å²) >= 11 is 0. The molecule has 0 bridgehead atoms. The summed E-state index contributed by atoms with van der Waals surface area (Å²) in [6, 6.07) is 59.5. The molecule has 9 aromatic rings. The molecule has 2 aromatic heterocycles. The Balaban J connectivity index is 1.20. The number of nitrogens with one attached hydrogen (secondary N) is 1. The van der Waals surface area contributed by atoms with Crippen molar-refractivity contribution in [2.75, 3.05) is 23.0 Å². The lowest BCUT2D eigenvalue weighted by Gasteiger charge is -2.25. The highest BCUT2D eigenvalue weighted by Crippen LogP contribution is 2.43. The molecule has 2 heterocycles. The van der Waals surface area contributed by atoms with Gasteiger partial charge in [-0.3, -0.25) is 0 Å². The Hall–Kier alpha value is -7.10. The Morgan fingerprint density at radius 3 is 1.41 bits per heavy atom. The highest BCUT2D eigenvalue weighted by molar-refractivity contribution is 6.16. The first-order chi connectivity index (χ1) is 30.1. The summed E-state index contributed by atoms with van der Waals surface area (Å²) in [5, 5.41) is 19.5. The Morgan fingerprint density at radius 1 is 0.541 bits per heavy atom. The highest BCUT2D eigenvalue weighted by atomic mass is 16.5. The molecule has 0 atom stereocenters. The maximum atomic E-state index is 6.00. The van der Waals surface area contributed by atoms with Crippen molar-refractivity contribution in [2.24, 2.45) is 5.92 Å². The Bertz CT molecular complexity index is 2540. The molecule has 0 fully saturated rings. The van der Waals surface area contributed by atoms with E-state index in [-0.39, 0.29) is 0 Å². The van der Waals surface area contributed by atoms with Crippen LogP contribution in [-0.2, 0) is 17.8 Å². The molecule has 0 unspecified atom stereocenters. The summed E-state index contributed by atoms with van der Waals surface area (Å²) in [5.74, 6) is 0.379. The SMILES string of the molecule is CCCCOCCn1nc2c(-c3ccc(N(c4ccccc4)c4ccccc4)cc3)c3n[n+](CC(C)C)[nH]c3c(-c3ccc(N(c4ccccc4)c4ccccc4)cc3)c2n1. The van der Waals surface area contributed by atoms with E-state index in [1.165, 1.54) is 0 Å². The molecule has 9 rings (SSSR count). The summed E-state index contributed by atoms with van der Waals surface area (Å²) in [6.45, 7) is 9.12. The van der Waals surface area contributed by atoms with Crippen LogP contribution >= 0.6 is 0 Å². The van der Waals surface area contributed by atoms with Gasteiger partial charge in [-0.05, 0) is 95.1 Å². The number of fused-ring (bicyclic) bond motifs is 2. The van der Waals surface area contributed by atoms with Crippen LogP contribution in [0.4, 0.5) is 34.1 Å². The van der Waals surface area contributed by atoms with Crippen molar-refractivity contribution in [3.05, 3.63) is 170 Å². The van der Waals surface area contributed by atoms with Crippen LogP contribution < -0.4 is 14.6 Å². The summed E-state index contributed by atoms with van der Waals surface area (Å²) in [7, 11) is 0. The standard InChI is InChI=1S/C52H51N8O/c1-4-5-35-61-36-34-57-53-49-47(39-26-30-45(31-27-39)59(41-18-10-6-11-19-41)42-20-12-7-13-21-42)51-52(56-58(55-51)37-38(2)3)48(50(49)54-57)40-28-32-46(33-29-40)60(43-22-14-8-15-23-43)44-24-16-9-17-25-44/h6-33,38H,4-5,34-37H2,1-3H3,(H,55,56)/q+1. The molecule has 0 aliphatic carbocycles. The minimum Gasteiger partial charge on any atom is -0.379 e. The Morgan fingerprint density at radius 2 is 0.967 bits per heavy atom. The Labute approximate surface area is 357 Å². The van der Waals surface area contributed by atoms with Crippen LogP contribution in [0.15, 0.2) is 170 Å². The van der Waals surface area contributed by atoms with E-state index >= 15 is 0 Å². The van der Waals surface area contributed by atoms with Crippen LogP contribution in [0.5, 0.6) is 0 Å². The summed E-state index contributed by atoms with van der Waals surface area (Å²) in [6.07, 6.45) is 2.12. The normalized spacial score (nSPS) is 11.5. The summed E-state index contributed by atoms with van der Waals surface area (Å²) in [5.41, 5.74) is 13.8. The number of ether oxygens (including phenoxy) is 1. The van der Waals surface area contributed by atoms with Crippen molar-refractivity contribution in [2.45, 2.75) is 46.7 Å². The number of benzene rings is 7. The fourth-order valence-corrected chi connectivity index (χ4v) is 7.98. The van der Waals surface area contributed by atoms with E-state index in [4.69, 9.17) is 20.0 Å². The van der Waals surface area contributed by atoms with E-state index in [1.807, 2.05) is 16.9 Å². The second kappa shape index (κ2) is 18.0. The van der Waals surface area contributed by atoms with Gasteiger partial charge in [-0.1, -0.05) is 124 Å². The molecule has 1 N–H and O–H groups in total. The van der Waals surface area contributed by atoms with Gasteiger partial charge in [0.15, 0.2) is 5.52 Å². The number of nitrogens with zero attached hydrogens (tertiary/aromatic N) is 7. The van der Waals surface area contributed by atoms with E-state index < -0.39 is 0 Å². The number of H-pyrrole nitrogens is 1. The van der Waals surface area contributed by atoms with E-state index in [1.54, 1.807) is 4.80 Å². The molecule has 0 aliphatic rings. The maximum absolute atomic E-state index is 6.00. The van der Waals surface area contributed by atoms with E-state index in [0.717, 1.165) is 104 Å². The first-order valence-corrected chi connectivity index (χ1v) is 21.4. The summed E-state index contributed by atoms with van der Waals surface area (Å²) < 4.78 is 6.00. The number of rotatable bonds is 16. The van der Waals surface area contributed by atoms with Crippen molar-refractivity contribution >= 4 is 56.2 Å². The van der Waals surface area contributed by atoms with Crippen LogP contribution in [0.1, 0.15) is 33.6 Å². The van der Waals surface area contributed by atoms with Gasteiger partial charge in [0.05, 0.1) is 13.2 Å². The van der Waals surface area contributed by atoms with Crippen molar-refractivity contribution in [1.29, 1.82) is 0 Å². The van der Waals surface area contributed by atoms with Crippen molar-refractivity contribution in [1.82, 2.24) is 25.2 Å². The fraction of sp³-hybridized carbons (Fsp3) is 0.192. The second-order valence-electron chi connectivity index (χ2n) is 15.7. The zero-order valence-electron chi connectivity index (χ0n) is 35.0. The lowest BCUT2D eigenvalue weighted by atomic mass is 9.95. The van der Waals surface area contributed by atoms with Gasteiger partial charge in [0, 0.05) is 62.9 Å². The van der Waals surface area contributed by atoms with Gasteiger partial charge in [-0.15, -0.1) is 5.10 Å². The van der Waals surface area contributed by atoms with Gasteiger partial charge in [0.25, 0.3) is 0 Å². The van der Waals surface area contributed by atoms with Crippen LogP contribution in [0, 0.1) is 5.92 Å². The van der Waals surface area contributed by atoms with Crippen molar-refractivity contribution in [3.8, 4) is 22.3 Å².